The summed E-state index contributed by atoms with van der Waals surface area (Å²) in [5.74, 6) is 2.47. The summed E-state index contributed by atoms with van der Waals surface area (Å²) in [5.41, 5.74) is 7.93. The number of benzene rings is 3. The maximum Gasteiger partial charge on any atom is 0.252 e. The van der Waals surface area contributed by atoms with Gasteiger partial charge in [-0.25, -0.2) is 0 Å². The molecule has 0 aliphatic carbocycles. The number of halogens is 1. The summed E-state index contributed by atoms with van der Waals surface area (Å²) in [5, 5.41) is 5.81. The molecule has 334 valence electrons. The average molecular weight is 870 g/mol. The fourth-order valence-corrected chi connectivity index (χ4v) is 9.51. The van der Waals surface area contributed by atoms with Crippen molar-refractivity contribution in [1.82, 2.24) is 20.4 Å². The molecule has 8 rings (SSSR count). The molecule has 1 spiro atoms. The Labute approximate surface area is 372 Å². The van der Waals surface area contributed by atoms with Crippen molar-refractivity contribution in [3.05, 3.63) is 86.9 Å². The van der Waals surface area contributed by atoms with Gasteiger partial charge in [-0.3, -0.25) is 24.3 Å². The topological polar surface area (TPSA) is 141 Å². The monoisotopic (exact) mass is 868 g/mol. The number of aldehydes is 3. The van der Waals surface area contributed by atoms with Gasteiger partial charge in [0.25, 0.3) is 5.91 Å². The van der Waals surface area contributed by atoms with Crippen LogP contribution in [0.25, 0.3) is 0 Å². The number of fused-ring (bicyclic) bond motifs is 5. The third-order valence-corrected chi connectivity index (χ3v) is 13.2. The van der Waals surface area contributed by atoms with E-state index in [9.17, 15) is 24.0 Å². The standard InChI is InChI=1S/C24H28ClN3O.C17H20N2O3.C6H11NO2.C2H6/c1-24(2)19-14-17(16-10-12-27(4)13-11-16)8-9-22(19)28(23(24)26-3)21-7-5-6-20(25)18(21)15-29;20-9-1-6-19-7-4-17(5-8-19)11-22-15-13-10-18-16(21)12(13)2-3-14(15)17;1-7-6(9)4-2-3-5-8;1-2/h5-9,14-16H,10-13H2,1-4H3;2-3,9H,1,4-8,10-11H2,(H,18,21);5H,2-4H2,1H3,(H,7,9);1-2H3. The molecule has 0 aromatic heterocycles. The van der Waals surface area contributed by atoms with Crippen molar-refractivity contribution in [1.29, 1.82) is 0 Å². The Balaban J connectivity index is 0.000000194. The normalized spacial score (nSPS) is 18.9. The molecule has 0 radical (unpaired) electrons. The van der Waals surface area contributed by atoms with Gasteiger partial charge in [-0.05, 0) is 120 Å². The number of nitrogens with one attached hydrogen (secondary N) is 2. The number of hydrogen-bond donors (Lipinski definition) is 2. The molecule has 0 atom stereocenters. The number of unbranched alkanes of at least 4 members (excludes halogenated alkanes) is 1. The molecule has 62 heavy (non-hydrogen) atoms. The van der Waals surface area contributed by atoms with E-state index < -0.39 is 0 Å². The number of anilines is 2. The minimum absolute atomic E-state index is 0.00292. The highest BCUT2D eigenvalue weighted by Crippen LogP contribution is 2.50. The molecule has 3 aromatic carbocycles. The zero-order valence-electron chi connectivity index (χ0n) is 37.7. The summed E-state index contributed by atoms with van der Waals surface area (Å²) in [6.45, 7) is 14.9. The largest absolute Gasteiger partial charge is 0.492 e. The highest BCUT2D eigenvalue weighted by atomic mass is 35.5. The van der Waals surface area contributed by atoms with E-state index in [4.69, 9.17) is 16.3 Å². The number of ether oxygens (including phenoxy) is 1. The third-order valence-electron chi connectivity index (χ3n) is 12.9. The van der Waals surface area contributed by atoms with Crippen LogP contribution >= 0.6 is 11.6 Å². The summed E-state index contributed by atoms with van der Waals surface area (Å²) in [6, 6.07) is 16.4. The molecule has 12 nitrogen and oxygen atoms in total. The number of likely N-dealkylation sites (tertiary alicyclic amines) is 2. The average Bonchev–Trinajstić information content (AvgIpc) is 3.92. The van der Waals surface area contributed by atoms with Crippen LogP contribution in [0.3, 0.4) is 0 Å². The first-order valence-electron chi connectivity index (χ1n) is 22.1. The molecule has 2 N–H and O–H groups in total. The minimum Gasteiger partial charge on any atom is -0.492 e. The number of hydrogen-bond acceptors (Lipinski definition) is 9. The predicted octanol–water partition coefficient (Wildman–Crippen LogP) is 7.79. The van der Waals surface area contributed by atoms with Gasteiger partial charge in [-0.15, -0.1) is 0 Å². The Morgan fingerprint density at radius 1 is 0.968 bits per heavy atom. The van der Waals surface area contributed by atoms with Crippen LogP contribution in [0.1, 0.15) is 128 Å². The Kier molecular flexibility index (Phi) is 17.0. The Hall–Kier alpha value is -4.91. The van der Waals surface area contributed by atoms with Crippen LogP contribution in [0.15, 0.2) is 53.5 Å². The number of piperidine rings is 2. The highest BCUT2D eigenvalue weighted by molar-refractivity contribution is 6.34. The quantitative estimate of drug-likeness (QED) is 0.154. The van der Waals surface area contributed by atoms with Crippen molar-refractivity contribution in [2.45, 2.75) is 102 Å². The van der Waals surface area contributed by atoms with Crippen molar-refractivity contribution in [3.63, 3.8) is 0 Å². The Bertz CT molecular complexity index is 2100. The molecule has 5 heterocycles. The molecule has 0 bridgehead atoms. The van der Waals surface area contributed by atoms with Crippen molar-refractivity contribution in [3.8, 4) is 5.75 Å². The van der Waals surface area contributed by atoms with Gasteiger partial charge >= 0.3 is 0 Å². The molecule has 2 amide bonds. The molecule has 0 saturated carbocycles. The van der Waals surface area contributed by atoms with Gasteiger partial charge in [0.05, 0.1) is 28.6 Å². The molecule has 5 aliphatic rings. The number of amides is 2. The second kappa shape index (κ2) is 21.9. The molecular formula is C49H65ClN6O6. The molecule has 3 aromatic rings. The van der Waals surface area contributed by atoms with Crippen molar-refractivity contribution >= 4 is 59.5 Å². The van der Waals surface area contributed by atoms with E-state index in [2.05, 4.69) is 75.5 Å². The van der Waals surface area contributed by atoms with Crippen molar-refractivity contribution in [2.75, 3.05) is 65.4 Å². The molecule has 2 fully saturated rings. The van der Waals surface area contributed by atoms with Gasteiger partial charge < -0.3 is 34.8 Å². The fraction of sp³-hybridized carbons (Fsp3) is 0.510. The van der Waals surface area contributed by atoms with Crippen LogP contribution < -0.4 is 20.3 Å². The lowest BCUT2D eigenvalue weighted by Crippen LogP contribution is -2.43. The zero-order valence-corrected chi connectivity index (χ0v) is 38.4. The molecule has 0 unspecified atom stereocenters. The molecule has 5 aliphatic heterocycles. The number of carbonyl (C=O) groups is 5. The summed E-state index contributed by atoms with van der Waals surface area (Å²) in [6.07, 6.45) is 9.35. The van der Waals surface area contributed by atoms with Crippen LogP contribution in [0, 0.1) is 0 Å². The number of carbonyl (C=O) groups excluding carboxylic acids is 5. The maximum absolute atomic E-state index is 11.8. The zero-order chi connectivity index (χ0) is 45.0. The van der Waals surface area contributed by atoms with E-state index in [1.54, 1.807) is 13.1 Å². The second-order valence-electron chi connectivity index (χ2n) is 16.9. The number of aliphatic imine (C=N–C) groups is 1. The van der Waals surface area contributed by atoms with E-state index in [0.29, 0.717) is 55.3 Å². The van der Waals surface area contributed by atoms with E-state index in [1.807, 2.05) is 39.1 Å². The first-order chi connectivity index (χ1) is 29.9. The summed E-state index contributed by atoms with van der Waals surface area (Å²) >= 11 is 6.33. The van der Waals surface area contributed by atoms with Gasteiger partial charge in [0.15, 0.2) is 6.29 Å². The number of rotatable bonds is 10. The third kappa shape index (κ3) is 10.3. The number of amidine groups is 1. The van der Waals surface area contributed by atoms with E-state index in [0.717, 1.165) is 98.5 Å². The van der Waals surface area contributed by atoms with Crippen LogP contribution in [-0.4, -0.2) is 107 Å². The smallest absolute Gasteiger partial charge is 0.252 e. The lowest BCUT2D eigenvalue weighted by atomic mass is 9.74. The van der Waals surface area contributed by atoms with Gasteiger partial charge in [0.1, 0.15) is 24.2 Å². The predicted molar refractivity (Wildman–Crippen MR) is 248 cm³/mol. The van der Waals surface area contributed by atoms with Crippen LogP contribution in [0.5, 0.6) is 5.75 Å². The number of nitrogens with zero attached hydrogens (tertiary/aromatic N) is 4. The Morgan fingerprint density at radius 3 is 2.32 bits per heavy atom. The molecule has 13 heteroatoms. The highest BCUT2D eigenvalue weighted by Gasteiger charge is 2.46. The van der Waals surface area contributed by atoms with Crippen LogP contribution in [-0.2, 0) is 31.8 Å². The lowest BCUT2D eigenvalue weighted by Gasteiger charge is -2.38. The van der Waals surface area contributed by atoms with E-state index in [-0.39, 0.29) is 22.6 Å². The molecular weight excluding hydrogens is 804 g/mol. The van der Waals surface area contributed by atoms with E-state index >= 15 is 0 Å². The van der Waals surface area contributed by atoms with Crippen LogP contribution in [0.2, 0.25) is 5.02 Å². The summed E-state index contributed by atoms with van der Waals surface area (Å²) < 4.78 is 6.03. The van der Waals surface area contributed by atoms with Gasteiger partial charge in [0.2, 0.25) is 5.91 Å². The first kappa shape index (κ1) is 48.1. The SMILES string of the molecule is CC.CN=C1N(c2cccc(Cl)c2C=O)c2ccc(C3CCN(C)CC3)cc2C1(C)C.CNC(=O)CCCC=O.O=CCCN1CCC2(CC1)COc1c2ccc2c1CNC2=O. The lowest BCUT2D eigenvalue weighted by molar-refractivity contribution is -0.120. The van der Waals surface area contributed by atoms with Gasteiger partial charge in [-0.2, -0.15) is 0 Å². The molecule has 2 saturated heterocycles. The fourth-order valence-electron chi connectivity index (χ4n) is 9.29. The van der Waals surface area contributed by atoms with E-state index in [1.165, 1.54) is 29.5 Å². The summed E-state index contributed by atoms with van der Waals surface area (Å²) in [4.78, 5) is 65.8. The van der Waals surface area contributed by atoms with Gasteiger partial charge in [-0.1, -0.05) is 49.7 Å². The second-order valence-corrected chi connectivity index (χ2v) is 17.3. The summed E-state index contributed by atoms with van der Waals surface area (Å²) in [7, 11) is 5.60. The van der Waals surface area contributed by atoms with Crippen molar-refractivity contribution in [2.24, 2.45) is 4.99 Å². The first-order valence-corrected chi connectivity index (χ1v) is 22.5. The maximum atomic E-state index is 11.8. The van der Waals surface area contributed by atoms with Gasteiger partial charge in [0, 0.05) is 74.0 Å². The Morgan fingerprint density at radius 2 is 1.68 bits per heavy atom. The minimum atomic E-state index is -0.256. The van der Waals surface area contributed by atoms with Crippen molar-refractivity contribution < 1.29 is 28.7 Å². The van der Waals surface area contributed by atoms with Crippen LogP contribution in [0.4, 0.5) is 11.4 Å².